The molecule has 0 unspecified atom stereocenters. The third kappa shape index (κ3) is 6.34. The van der Waals surface area contributed by atoms with Gasteiger partial charge >= 0.3 is 147 Å². The molecule has 6 heterocycles. The zero-order chi connectivity index (χ0) is 27.4. The summed E-state index contributed by atoms with van der Waals surface area (Å²) in [5.41, 5.74) is 0. The molecule has 0 saturated heterocycles. The van der Waals surface area contributed by atoms with E-state index in [1.54, 1.807) is 82.2 Å². The summed E-state index contributed by atoms with van der Waals surface area (Å²) in [5.74, 6) is 4.40. The third-order valence-corrected chi connectivity index (χ3v) is 28.7. The molecule has 0 spiro atoms. The zero-order valence-corrected chi connectivity index (χ0v) is 31.4. The SMILES string of the molecule is Oc1cc2c(cc1O)SC(=C1SC3=C(SCCS3)S1)S2.[O-]c1cc2c(cc1O)S[C](c1[se]c3c([se+]1)SCCS3)S2. The average Bonchev–Trinajstić information content (AvgIpc) is 3.73. The normalized spacial score (nSPS) is 19.7. The van der Waals surface area contributed by atoms with Gasteiger partial charge in [-0.2, -0.15) is 0 Å². The van der Waals surface area contributed by atoms with Crippen LogP contribution in [0.5, 0.6) is 23.0 Å². The van der Waals surface area contributed by atoms with Crippen molar-refractivity contribution in [3.8, 4) is 23.0 Å². The monoisotopic (exact) mass is 847 g/mol. The first kappa shape index (κ1) is 30.0. The van der Waals surface area contributed by atoms with Gasteiger partial charge in [-0.25, -0.2) is 0 Å². The molecule has 1 aromatic heterocycles. The Balaban J connectivity index is 0.000000132. The van der Waals surface area contributed by atoms with Gasteiger partial charge in [-0.3, -0.25) is 0 Å². The van der Waals surface area contributed by atoms with Crippen molar-refractivity contribution >= 4 is 147 Å². The molecule has 0 aliphatic carbocycles. The number of phenols is 3. The van der Waals surface area contributed by atoms with Gasteiger partial charge < -0.3 is 10.2 Å². The Bertz CT molecular complexity index is 1480. The molecule has 8 rings (SSSR count). The van der Waals surface area contributed by atoms with Crippen LogP contribution in [0, 0.1) is 4.58 Å². The Hall–Kier alpha value is 1.27. The summed E-state index contributed by atoms with van der Waals surface area (Å²) in [6.45, 7) is 0. The minimum absolute atomic E-state index is 0.0432. The van der Waals surface area contributed by atoms with Gasteiger partial charge in [0.25, 0.3) is 0 Å². The van der Waals surface area contributed by atoms with Crippen molar-refractivity contribution in [3.63, 3.8) is 0 Å². The number of aromatic hydroxyl groups is 3. The van der Waals surface area contributed by atoms with Crippen molar-refractivity contribution < 1.29 is 20.4 Å². The summed E-state index contributed by atoms with van der Waals surface area (Å²) in [5, 5.41) is 40.2. The number of rotatable bonds is 1. The summed E-state index contributed by atoms with van der Waals surface area (Å²) in [4.78, 5) is 4.10. The minimum atomic E-state index is -0.269. The van der Waals surface area contributed by atoms with Crippen molar-refractivity contribution in [2.75, 3.05) is 23.0 Å². The van der Waals surface area contributed by atoms with Crippen molar-refractivity contribution in [3.05, 3.63) is 49.1 Å². The van der Waals surface area contributed by atoms with Crippen molar-refractivity contribution in [1.82, 2.24) is 0 Å². The fourth-order valence-electron chi connectivity index (χ4n) is 3.60. The molecule has 0 amide bonds. The molecule has 0 saturated carbocycles. The van der Waals surface area contributed by atoms with Gasteiger partial charge in [-0.1, -0.05) is 47.0 Å². The summed E-state index contributed by atoms with van der Waals surface area (Å²) >= 11 is 19.5. The molecule has 0 bridgehead atoms. The Labute approximate surface area is 285 Å². The van der Waals surface area contributed by atoms with Gasteiger partial charge in [0.15, 0.2) is 11.5 Å². The van der Waals surface area contributed by atoms with Gasteiger partial charge in [-0.05, 0) is 12.1 Å². The number of hydrogen-bond donors (Lipinski definition) is 3. The fourth-order valence-corrected chi connectivity index (χ4v) is 28.0. The quantitative estimate of drug-likeness (QED) is 0.162. The summed E-state index contributed by atoms with van der Waals surface area (Å²) in [6, 6.07) is 6.49. The van der Waals surface area contributed by atoms with Crippen LogP contribution in [0.4, 0.5) is 0 Å². The first-order chi connectivity index (χ1) is 19.4. The zero-order valence-electron chi connectivity index (χ0n) is 19.8. The first-order valence-corrected chi connectivity index (χ1v) is 23.7. The molecular formula is C24H15O4S10Se2. The van der Waals surface area contributed by atoms with Crippen molar-refractivity contribution in [2.24, 2.45) is 0 Å². The Morgan fingerprint density at radius 1 is 0.600 bits per heavy atom. The van der Waals surface area contributed by atoms with Crippen LogP contribution in [0.15, 0.2) is 68.3 Å². The van der Waals surface area contributed by atoms with Crippen LogP contribution in [-0.2, 0) is 0 Å². The molecule has 40 heavy (non-hydrogen) atoms. The van der Waals surface area contributed by atoms with Crippen LogP contribution in [-0.4, -0.2) is 67.3 Å². The van der Waals surface area contributed by atoms with E-state index in [1.807, 2.05) is 70.6 Å². The molecule has 2 aromatic carbocycles. The average molecular weight is 846 g/mol. The van der Waals surface area contributed by atoms with E-state index in [4.69, 9.17) is 0 Å². The van der Waals surface area contributed by atoms with Crippen LogP contribution in [0.25, 0.3) is 0 Å². The Morgan fingerprint density at radius 3 is 1.77 bits per heavy atom. The fraction of sp³-hybridized carbons (Fsp3) is 0.167. The van der Waals surface area contributed by atoms with Gasteiger partial charge in [0.05, 0.1) is 16.9 Å². The van der Waals surface area contributed by atoms with E-state index in [2.05, 4.69) is 0 Å². The standard InChI is InChI=1S/C12H8O2S6.C12H7O2S4Se2/c13-5-3-7-8(4-6(5)14)18-11(17-7)12-19-9-10(20-12)16-2-1-15-9;13-5-3-7-8(4-6(5)14)18-9(17-7)12-19-10-11(20-12)16-2-1-15-10/h3-4,13-14H,1-2H2;3-4H,1-2H2,(H-,13,14). The molecule has 0 fully saturated rings. The van der Waals surface area contributed by atoms with Crippen molar-refractivity contribution in [1.29, 1.82) is 0 Å². The second-order valence-electron chi connectivity index (χ2n) is 8.06. The summed E-state index contributed by atoms with van der Waals surface area (Å²) in [6.07, 6.45) is 0. The molecular weight excluding hydrogens is 831 g/mol. The van der Waals surface area contributed by atoms with Crippen LogP contribution < -0.4 is 5.11 Å². The molecule has 0 atom stereocenters. The van der Waals surface area contributed by atoms with E-state index < -0.39 is 0 Å². The van der Waals surface area contributed by atoms with E-state index in [0.717, 1.165) is 19.6 Å². The topological polar surface area (TPSA) is 83.8 Å². The van der Waals surface area contributed by atoms with Crippen LogP contribution >= 0.6 is 118 Å². The number of benzene rings is 2. The van der Waals surface area contributed by atoms with E-state index in [9.17, 15) is 20.4 Å². The molecule has 16 heteroatoms. The number of phenolic OH excluding ortho intramolecular Hbond substituents is 3. The third-order valence-electron chi connectivity index (χ3n) is 5.38. The first-order valence-electron chi connectivity index (χ1n) is 11.4. The van der Waals surface area contributed by atoms with E-state index in [-0.39, 0.29) is 23.0 Å². The maximum absolute atomic E-state index is 11.5. The molecule has 5 aliphatic rings. The number of fused-ring (bicyclic) bond motifs is 3. The van der Waals surface area contributed by atoms with Gasteiger partial charge in [0.2, 0.25) is 0 Å². The van der Waals surface area contributed by atoms with Crippen LogP contribution in [0.2, 0.25) is 0 Å². The molecule has 5 aliphatic heterocycles. The van der Waals surface area contributed by atoms with Crippen molar-refractivity contribution in [2.45, 2.75) is 27.1 Å². The molecule has 1 radical (unpaired) electrons. The second kappa shape index (κ2) is 12.9. The summed E-state index contributed by atoms with van der Waals surface area (Å²) in [7, 11) is 0. The van der Waals surface area contributed by atoms with Crippen LogP contribution in [0.1, 0.15) is 3.31 Å². The van der Waals surface area contributed by atoms with E-state index in [1.165, 1.54) is 44.5 Å². The summed E-state index contributed by atoms with van der Waals surface area (Å²) < 4.78 is 11.7. The van der Waals surface area contributed by atoms with Gasteiger partial charge in [0.1, 0.15) is 0 Å². The van der Waals surface area contributed by atoms with Crippen LogP contribution in [0.3, 0.4) is 0 Å². The van der Waals surface area contributed by atoms with Gasteiger partial charge in [0, 0.05) is 21.3 Å². The Morgan fingerprint density at radius 2 is 1.12 bits per heavy atom. The number of thioether (sulfide) groups is 10. The Kier molecular flexibility index (Phi) is 9.69. The number of hydrogen-bond acceptors (Lipinski definition) is 14. The maximum atomic E-state index is 11.5. The molecule has 3 N–H and O–H groups in total. The second-order valence-corrected chi connectivity index (χ2v) is 26.8. The van der Waals surface area contributed by atoms with Gasteiger partial charge in [-0.15, -0.1) is 23.5 Å². The predicted molar refractivity (Wildman–Crippen MR) is 183 cm³/mol. The van der Waals surface area contributed by atoms with E-state index >= 15 is 0 Å². The van der Waals surface area contributed by atoms with E-state index in [0.29, 0.717) is 29.0 Å². The molecule has 3 aromatic rings. The predicted octanol–water partition coefficient (Wildman–Crippen LogP) is 8.30. The molecule has 207 valence electrons. The molecule has 4 nitrogen and oxygen atoms in total.